The Balaban J connectivity index is 1.05. The lowest BCUT2D eigenvalue weighted by molar-refractivity contribution is 1.19. The fraction of sp³-hybridized carbons (Fsp3) is 0.0164. The molecule has 0 radical (unpaired) electrons. The summed E-state index contributed by atoms with van der Waals surface area (Å²) in [7, 11) is 0. The third-order valence-electron chi connectivity index (χ3n) is 13.5. The zero-order valence-electron chi connectivity index (χ0n) is 36.4. The van der Waals surface area contributed by atoms with Gasteiger partial charge in [0.15, 0.2) is 0 Å². The first kappa shape index (κ1) is 38.5. The van der Waals surface area contributed by atoms with Gasteiger partial charge in [0, 0.05) is 43.4 Å². The van der Waals surface area contributed by atoms with E-state index in [4.69, 9.17) is 9.97 Å². The molecule has 0 N–H and O–H groups in total. The summed E-state index contributed by atoms with van der Waals surface area (Å²) in [4.78, 5) is 40.6. The van der Waals surface area contributed by atoms with Crippen molar-refractivity contribution in [3.8, 4) is 44.5 Å². The molecule has 6 nitrogen and oxygen atoms in total. The van der Waals surface area contributed by atoms with Gasteiger partial charge in [-0.2, -0.15) is 0 Å². The highest BCUT2D eigenvalue weighted by Crippen LogP contribution is 2.43. The average Bonchev–Trinajstić information content (AvgIpc) is 3.97. The molecule has 0 spiro atoms. The SMILES string of the molecule is C=C(C=CC=CC)c1cc(-c2ccccc2)cc2c1nc1c3ccc(-c4ccc5c(=O)n6c7cc(-c8ccccc8)cc(-c8ccccc8)c7nc6c6cccc4c56)c4cccc(c(=O)n21)c43. The molecule has 13 rings (SSSR count). The standard InChI is InChI=1S/C61H38N4O2/c1-3-4-8-17-36(2)50-32-40(37-18-9-5-10-19-37)34-52-56(50)62-59-47-30-28-42(45-25-16-27-48(55(45)47)60(66)64(52)59)43-29-31-49-54-44(43)24-15-26-46(54)58-63-57-51(39-22-13-7-14-23-39)33-41(38-20-11-6-12-21-38)35-53(57)65(58)61(49)67/h3-35H,2H2,1H3. The normalized spacial score (nSPS) is 12.3. The van der Waals surface area contributed by atoms with Gasteiger partial charge in [-0.3, -0.25) is 18.4 Å². The Bertz CT molecular complexity index is 4380. The van der Waals surface area contributed by atoms with Crippen LogP contribution in [-0.4, -0.2) is 18.8 Å². The molecule has 67 heavy (non-hydrogen) atoms. The second-order valence-corrected chi connectivity index (χ2v) is 17.2. The van der Waals surface area contributed by atoms with Crippen LogP contribution < -0.4 is 11.1 Å². The van der Waals surface area contributed by atoms with Crippen LogP contribution in [-0.2, 0) is 0 Å². The number of hydrogen-bond acceptors (Lipinski definition) is 4. The number of nitrogens with zero attached hydrogens (tertiary/aromatic N) is 4. The average molecular weight is 859 g/mol. The number of hydrogen-bond donors (Lipinski definition) is 0. The van der Waals surface area contributed by atoms with Gasteiger partial charge in [0.1, 0.15) is 11.3 Å². The fourth-order valence-corrected chi connectivity index (χ4v) is 10.4. The summed E-state index contributed by atoms with van der Waals surface area (Å²) in [6, 6.07) is 59.6. The van der Waals surface area contributed by atoms with Crippen molar-refractivity contribution >= 4 is 82.0 Å². The van der Waals surface area contributed by atoms with Crippen LogP contribution in [0.2, 0.25) is 0 Å². The smallest absolute Gasteiger partial charge is 0.264 e. The largest absolute Gasteiger partial charge is 0.268 e. The van der Waals surface area contributed by atoms with E-state index in [9.17, 15) is 9.59 Å². The van der Waals surface area contributed by atoms with E-state index in [2.05, 4.69) is 110 Å². The summed E-state index contributed by atoms with van der Waals surface area (Å²) in [5.41, 5.74) is 13.6. The van der Waals surface area contributed by atoms with E-state index in [1.807, 2.05) is 104 Å². The Labute approximate surface area is 383 Å². The highest BCUT2D eigenvalue weighted by molar-refractivity contribution is 6.24. The molecule has 0 aliphatic carbocycles. The van der Waals surface area contributed by atoms with Crippen molar-refractivity contribution in [2.24, 2.45) is 0 Å². The Kier molecular flexibility index (Phi) is 8.48. The molecule has 13 aromatic rings. The van der Waals surface area contributed by atoms with Crippen LogP contribution in [0.3, 0.4) is 0 Å². The fourth-order valence-electron chi connectivity index (χ4n) is 10.4. The van der Waals surface area contributed by atoms with Gasteiger partial charge in [0.2, 0.25) is 0 Å². The zero-order valence-corrected chi connectivity index (χ0v) is 36.4. The molecule has 0 atom stereocenters. The van der Waals surface area contributed by atoms with E-state index in [0.717, 1.165) is 110 Å². The minimum atomic E-state index is -0.134. The molecule has 9 aromatic carbocycles. The first-order valence-electron chi connectivity index (χ1n) is 22.5. The lowest BCUT2D eigenvalue weighted by Gasteiger charge is -2.15. The van der Waals surface area contributed by atoms with Gasteiger partial charge in [-0.25, -0.2) is 9.97 Å². The Morgan fingerprint density at radius 3 is 1.52 bits per heavy atom. The molecule has 0 saturated heterocycles. The third-order valence-corrected chi connectivity index (χ3v) is 13.5. The van der Waals surface area contributed by atoms with Crippen LogP contribution in [0, 0.1) is 0 Å². The van der Waals surface area contributed by atoms with Gasteiger partial charge in [0.05, 0.1) is 22.1 Å². The second kappa shape index (κ2) is 14.8. The molecule has 6 heteroatoms. The monoisotopic (exact) mass is 858 g/mol. The number of aromatic nitrogens is 4. The Morgan fingerprint density at radius 2 is 0.925 bits per heavy atom. The quantitative estimate of drug-likeness (QED) is 0.150. The molecule has 0 saturated carbocycles. The maximum Gasteiger partial charge on any atom is 0.264 e. The minimum absolute atomic E-state index is 0.117. The maximum absolute atomic E-state index is 15.0. The topological polar surface area (TPSA) is 68.7 Å². The predicted octanol–water partition coefficient (Wildman–Crippen LogP) is 14.3. The number of allylic oxidation sites excluding steroid dienone is 5. The molecule has 0 unspecified atom stereocenters. The van der Waals surface area contributed by atoms with Gasteiger partial charge in [0.25, 0.3) is 11.1 Å². The lowest BCUT2D eigenvalue weighted by atomic mass is 9.90. The number of benzene rings is 9. The van der Waals surface area contributed by atoms with E-state index in [-0.39, 0.29) is 11.1 Å². The highest BCUT2D eigenvalue weighted by atomic mass is 16.1. The second-order valence-electron chi connectivity index (χ2n) is 17.2. The highest BCUT2D eigenvalue weighted by Gasteiger charge is 2.24. The predicted molar refractivity (Wildman–Crippen MR) is 279 cm³/mol. The summed E-state index contributed by atoms with van der Waals surface area (Å²) >= 11 is 0. The van der Waals surface area contributed by atoms with Crippen molar-refractivity contribution < 1.29 is 0 Å². The minimum Gasteiger partial charge on any atom is -0.268 e. The van der Waals surface area contributed by atoms with Crippen LogP contribution in [0.15, 0.2) is 216 Å². The molecule has 0 fully saturated rings. The van der Waals surface area contributed by atoms with Crippen LogP contribution in [0.4, 0.5) is 0 Å². The van der Waals surface area contributed by atoms with E-state index in [0.29, 0.717) is 22.1 Å². The molecule has 314 valence electrons. The molecule has 0 aliphatic heterocycles. The molecule has 0 aliphatic rings. The van der Waals surface area contributed by atoms with Gasteiger partial charge >= 0.3 is 0 Å². The van der Waals surface area contributed by atoms with Crippen molar-refractivity contribution in [3.05, 3.63) is 233 Å². The summed E-state index contributed by atoms with van der Waals surface area (Å²) < 4.78 is 3.57. The summed E-state index contributed by atoms with van der Waals surface area (Å²) in [5.74, 6) is 0. The van der Waals surface area contributed by atoms with Crippen molar-refractivity contribution in [1.82, 2.24) is 18.8 Å². The van der Waals surface area contributed by atoms with Crippen LogP contribution in [0.1, 0.15) is 12.5 Å². The number of pyridine rings is 2. The van der Waals surface area contributed by atoms with E-state index < -0.39 is 0 Å². The Hall–Kier alpha value is -9.00. The van der Waals surface area contributed by atoms with E-state index >= 15 is 0 Å². The van der Waals surface area contributed by atoms with Crippen molar-refractivity contribution in [3.63, 3.8) is 0 Å². The van der Waals surface area contributed by atoms with Crippen molar-refractivity contribution in [2.45, 2.75) is 6.92 Å². The first-order valence-corrected chi connectivity index (χ1v) is 22.5. The maximum atomic E-state index is 15.0. The molecule has 4 heterocycles. The zero-order chi connectivity index (χ0) is 44.9. The third kappa shape index (κ3) is 5.70. The molecule has 0 amide bonds. The van der Waals surface area contributed by atoms with Crippen molar-refractivity contribution in [1.29, 1.82) is 0 Å². The number of fused-ring (bicyclic) bond motifs is 8. The Morgan fingerprint density at radius 1 is 0.448 bits per heavy atom. The van der Waals surface area contributed by atoms with Crippen LogP contribution >= 0.6 is 0 Å². The number of rotatable bonds is 7. The van der Waals surface area contributed by atoms with Gasteiger partial charge < -0.3 is 0 Å². The van der Waals surface area contributed by atoms with Crippen molar-refractivity contribution in [2.75, 3.05) is 0 Å². The lowest BCUT2D eigenvalue weighted by Crippen LogP contribution is -2.14. The van der Waals surface area contributed by atoms with Gasteiger partial charge in [-0.15, -0.1) is 0 Å². The van der Waals surface area contributed by atoms with Crippen LogP contribution in [0.5, 0.6) is 0 Å². The summed E-state index contributed by atoms with van der Waals surface area (Å²) in [6.07, 6.45) is 7.91. The summed E-state index contributed by atoms with van der Waals surface area (Å²) in [6.45, 7) is 6.44. The summed E-state index contributed by atoms with van der Waals surface area (Å²) in [5, 5.41) is 6.58. The molecular formula is C61H38N4O2. The van der Waals surface area contributed by atoms with E-state index in [1.165, 1.54) is 0 Å². The van der Waals surface area contributed by atoms with E-state index in [1.54, 1.807) is 8.80 Å². The molecule has 0 bridgehead atoms. The first-order chi connectivity index (χ1) is 33.0. The number of imidazole rings is 2. The van der Waals surface area contributed by atoms with Gasteiger partial charge in [-0.05, 0) is 105 Å². The van der Waals surface area contributed by atoms with Gasteiger partial charge in [-0.1, -0.05) is 164 Å². The van der Waals surface area contributed by atoms with Crippen LogP contribution in [0.25, 0.3) is 127 Å². The molecular weight excluding hydrogens is 821 g/mol. The molecule has 4 aromatic heterocycles.